The summed E-state index contributed by atoms with van der Waals surface area (Å²) in [6, 6.07) is 1.89. The van der Waals surface area contributed by atoms with Crippen LogP contribution < -0.4 is 11.2 Å². The van der Waals surface area contributed by atoms with Gasteiger partial charge in [0.25, 0.3) is 5.56 Å². The lowest BCUT2D eigenvalue weighted by molar-refractivity contribution is 0.554. The van der Waals surface area contributed by atoms with Gasteiger partial charge >= 0.3 is 5.69 Å². The molecular weight excluding hydrogens is 172 g/mol. The van der Waals surface area contributed by atoms with E-state index in [0.29, 0.717) is 0 Å². The van der Waals surface area contributed by atoms with Crippen molar-refractivity contribution in [3.63, 3.8) is 0 Å². The number of aryl methyl sites for hydroxylation is 2. The van der Waals surface area contributed by atoms with E-state index in [-0.39, 0.29) is 18.7 Å². The van der Waals surface area contributed by atoms with Crippen molar-refractivity contribution in [3.8, 4) is 6.07 Å². The van der Waals surface area contributed by atoms with Crippen molar-refractivity contribution in [2.24, 2.45) is 0 Å². The summed E-state index contributed by atoms with van der Waals surface area (Å²) in [6.45, 7) is 1.70. The van der Waals surface area contributed by atoms with E-state index in [9.17, 15) is 9.59 Å². The van der Waals surface area contributed by atoms with Crippen molar-refractivity contribution in [2.75, 3.05) is 0 Å². The van der Waals surface area contributed by atoms with E-state index in [1.54, 1.807) is 0 Å². The zero-order chi connectivity index (χ0) is 9.84. The number of nitrogens with zero attached hydrogens (tertiary/aromatic N) is 3. The van der Waals surface area contributed by atoms with Crippen LogP contribution in [0.5, 0.6) is 0 Å². The Morgan fingerprint density at radius 1 is 1.62 bits per heavy atom. The normalized spacial score (nSPS) is 9.54. The highest BCUT2D eigenvalue weighted by Gasteiger charge is 2.00. The molecule has 0 aliphatic heterocycles. The van der Waals surface area contributed by atoms with E-state index in [1.165, 1.54) is 6.92 Å². The molecule has 1 aromatic heterocycles. The highest BCUT2D eigenvalue weighted by molar-refractivity contribution is 4.88. The van der Waals surface area contributed by atoms with Crippen molar-refractivity contribution in [1.29, 1.82) is 5.26 Å². The zero-order valence-corrected chi connectivity index (χ0v) is 7.07. The van der Waals surface area contributed by atoms with E-state index in [2.05, 4.69) is 10.1 Å². The van der Waals surface area contributed by atoms with E-state index in [0.717, 1.165) is 4.68 Å². The van der Waals surface area contributed by atoms with Crippen molar-refractivity contribution >= 4 is 0 Å². The fraction of sp³-hybridized carbons (Fsp3) is 0.429. The molecule has 1 aromatic rings. The summed E-state index contributed by atoms with van der Waals surface area (Å²) in [5, 5.41) is 12.0. The fourth-order valence-electron chi connectivity index (χ4n) is 0.831. The predicted octanol–water partition coefficient (Wildman–Crippen LogP) is -0.846. The second kappa shape index (κ2) is 3.67. The van der Waals surface area contributed by atoms with Crippen LogP contribution in [0.2, 0.25) is 0 Å². The molecule has 0 radical (unpaired) electrons. The number of aromatic amines is 1. The van der Waals surface area contributed by atoms with Gasteiger partial charge in [-0.1, -0.05) is 0 Å². The maximum atomic E-state index is 11.0. The van der Waals surface area contributed by atoms with E-state index in [1.807, 2.05) is 6.07 Å². The highest BCUT2D eigenvalue weighted by Crippen LogP contribution is 1.80. The highest BCUT2D eigenvalue weighted by atomic mass is 16.2. The number of hydrogen-bond acceptors (Lipinski definition) is 4. The van der Waals surface area contributed by atoms with Gasteiger partial charge in [-0.3, -0.25) is 9.78 Å². The quantitative estimate of drug-likeness (QED) is 0.641. The van der Waals surface area contributed by atoms with Crippen LogP contribution in [-0.2, 0) is 6.54 Å². The predicted molar refractivity (Wildman–Crippen MR) is 44.1 cm³/mol. The SMILES string of the molecule is Cc1nn(CCC#N)c(=O)[nH]c1=O. The first-order chi connectivity index (χ1) is 6.15. The van der Waals surface area contributed by atoms with Gasteiger partial charge in [0.15, 0.2) is 0 Å². The molecule has 0 aliphatic rings. The molecule has 68 valence electrons. The molecule has 0 spiro atoms. The summed E-state index contributed by atoms with van der Waals surface area (Å²) in [4.78, 5) is 24.0. The van der Waals surface area contributed by atoms with Gasteiger partial charge < -0.3 is 0 Å². The van der Waals surface area contributed by atoms with Crippen molar-refractivity contribution in [2.45, 2.75) is 19.9 Å². The van der Waals surface area contributed by atoms with E-state index < -0.39 is 11.2 Å². The Balaban J connectivity index is 3.11. The monoisotopic (exact) mass is 180 g/mol. The van der Waals surface area contributed by atoms with Gasteiger partial charge in [0.1, 0.15) is 5.69 Å². The number of rotatable bonds is 2. The minimum atomic E-state index is -0.578. The number of nitriles is 1. The summed E-state index contributed by atoms with van der Waals surface area (Å²) >= 11 is 0. The number of H-pyrrole nitrogens is 1. The summed E-state index contributed by atoms with van der Waals surface area (Å²) in [5.41, 5.74) is -0.846. The lowest BCUT2D eigenvalue weighted by Gasteiger charge is -1.99. The molecule has 0 saturated heterocycles. The number of hydrogen-bond donors (Lipinski definition) is 1. The van der Waals surface area contributed by atoms with Crippen LogP contribution in [0.1, 0.15) is 12.1 Å². The minimum absolute atomic E-state index is 0.193. The molecule has 0 unspecified atom stereocenters. The van der Waals surface area contributed by atoms with Crippen LogP contribution >= 0.6 is 0 Å². The maximum Gasteiger partial charge on any atom is 0.344 e. The molecule has 1 heterocycles. The first-order valence-electron chi connectivity index (χ1n) is 3.70. The molecule has 1 N–H and O–H groups in total. The smallest absolute Gasteiger partial charge is 0.271 e. The Morgan fingerprint density at radius 3 is 2.92 bits per heavy atom. The topological polar surface area (TPSA) is 91.5 Å². The molecule has 0 atom stereocenters. The Labute approximate surface area is 73.4 Å². The van der Waals surface area contributed by atoms with Crippen molar-refractivity contribution < 1.29 is 0 Å². The van der Waals surface area contributed by atoms with Gasteiger partial charge in [-0.15, -0.1) is 0 Å². The van der Waals surface area contributed by atoms with Crippen LogP contribution in [0.15, 0.2) is 9.59 Å². The lowest BCUT2D eigenvalue weighted by Crippen LogP contribution is -2.33. The van der Waals surface area contributed by atoms with E-state index >= 15 is 0 Å². The lowest BCUT2D eigenvalue weighted by atomic mass is 10.5. The van der Waals surface area contributed by atoms with Gasteiger partial charge in [0.05, 0.1) is 19.0 Å². The molecule has 0 amide bonds. The molecule has 0 saturated carbocycles. The van der Waals surface area contributed by atoms with Crippen LogP contribution in [0.4, 0.5) is 0 Å². The second-order valence-corrected chi connectivity index (χ2v) is 2.48. The fourth-order valence-corrected chi connectivity index (χ4v) is 0.831. The molecule has 6 heteroatoms. The molecule has 13 heavy (non-hydrogen) atoms. The third-order valence-electron chi connectivity index (χ3n) is 1.49. The average Bonchev–Trinajstić information content (AvgIpc) is 2.09. The second-order valence-electron chi connectivity index (χ2n) is 2.48. The first-order valence-corrected chi connectivity index (χ1v) is 3.70. The maximum absolute atomic E-state index is 11.0. The third-order valence-corrected chi connectivity index (χ3v) is 1.49. The van der Waals surface area contributed by atoms with Gasteiger partial charge in [0.2, 0.25) is 0 Å². The summed E-state index contributed by atoms with van der Waals surface area (Å²) < 4.78 is 1.07. The third kappa shape index (κ3) is 2.02. The van der Waals surface area contributed by atoms with Crippen LogP contribution in [-0.4, -0.2) is 14.8 Å². The molecular formula is C7H8N4O2. The van der Waals surface area contributed by atoms with Crippen LogP contribution in [0.25, 0.3) is 0 Å². The first kappa shape index (κ1) is 9.19. The Kier molecular flexibility index (Phi) is 2.59. The van der Waals surface area contributed by atoms with Gasteiger partial charge in [-0.25, -0.2) is 9.48 Å². The molecule has 6 nitrogen and oxygen atoms in total. The van der Waals surface area contributed by atoms with Crippen LogP contribution in [0.3, 0.4) is 0 Å². The molecule has 0 aliphatic carbocycles. The molecule has 1 rings (SSSR count). The number of nitrogens with one attached hydrogen (secondary N) is 1. The van der Waals surface area contributed by atoms with Gasteiger partial charge in [-0.05, 0) is 6.92 Å². The Bertz CT molecular complexity index is 451. The Morgan fingerprint density at radius 2 is 2.31 bits per heavy atom. The summed E-state index contributed by atoms with van der Waals surface area (Å²) in [5.74, 6) is 0. The van der Waals surface area contributed by atoms with Crippen molar-refractivity contribution in [3.05, 3.63) is 26.5 Å². The largest absolute Gasteiger partial charge is 0.344 e. The molecule has 0 fully saturated rings. The standard InChI is InChI=1S/C7H8N4O2/c1-5-6(12)9-7(13)11(10-5)4-2-3-8/h2,4H2,1H3,(H,9,12,13). The summed E-state index contributed by atoms with van der Waals surface area (Å²) in [6.07, 6.45) is 0.193. The van der Waals surface area contributed by atoms with E-state index in [4.69, 9.17) is 5.26 Å². The zero-order valence-electron chi connectivity index (χ0n) is 7.07. The van der Waals surface area contributed by atoms with Gasteiger partial charge in [0, 0.05) is 0 Å². The van der Waals surface area contributed by atoms with Crippen molar-refractivity contribution in [1.82, 2.24) is 14.8 Å². The van der Waals surface area contributed by atoms with Crippen LogP contribution in [0, 0.1) is 18.3 Å². The Hall–Kier alpha value is -1.90. The summed E-state index contributed by atoms with van der Waals surface area (Å²) in [7, 11) is 0. The molecule has 0 aromatic carbocycles. The minimum Gasteiger partial charge on any atom is -0.271 e. The van der Waals surface area contributed by atoms with Gasteiger partial charge in [-0.2, -0.15) is 10.4 Å². The number of aromatic nitrogens is 3. The molecule has 0 bridgehead atoms. The average molecular weight is 180 g/mol.